The monoisotopic (exact) mass is 205 g/mol. The number of carbonyl (C=O) groups is 2. The standard InChI is InChI=1S/C10H11N3O2/c11-10(15)7-4-9(14)13(6-7)8-2-1-3-12-5-8/h1-3,5,7H,4,6H2,(H2,11,15). The zero-order valence-corrected chi connectivity index (χ0v) is 8.09. The Bertz CT molecular complexity index is 391. The van der Waals surface area contributed by atoms with Crippen molar-refractivity contribution >= 4 is 17.5 Å². The van der Waals surface area contributed by atoms with Crippen molar-refractivity contribution in [2.24, 2.45) is 11.7 Å². The summed E-state index contributed by atoms with van der Waals surface area (Å²) in [5.41, 5.74) is 5.88. The SMILES string of the molecule is NC(=O)C1CC(=O)N(c2cccnc2)C1. The van der Waals surface area contributed by atoms with Crippen molar-refractivity contribution < 1.29 is 9.59 Å². The molecule has 1 atom stereocenters. The van der Waals surface area contributed by atoms with Crippen LogP contribution in [0.3, 0.4) is 0 Å². The number of amides is 2. The second-order valence-corrected chi connectivity index (χ2v) is 3.52. The fourth-order valence-corrected chi connectivity index (χ4v) is 1.66. The number of pyridine rings is 1. The van der Waals surface area contributed by atoms with Crippen LogP contribution < -0.4 is 10.6 Å². The van der Waals surface area contributed by atoms with Gasteiger partial charge in [0, 0.05) is 19.2 Å². The Hall–Kier alpha value is -1.91. The Labute approximate surface area is 86.9 Å². The van der Waals surface area contributed by atoms with Crippen LogP contribution in [0.4, 0.5) is 5.69 Å². The Morgan fingerprint density at radius 1 is 1.60 bits per heavy atom. The number of aromatic nitrogens is 1. The summed E-state index contributed by atoms with van der Waals surface area (Å²) in [4.78, 5) is 28.0. The first-order valence-corrected chi connectivity index (χ1v) is 4.68. The van der Waals surface area contributed by atoms with Crippen LogP contribution >= 0.6 is 0 Å². The van der Waals surface area contributed by atoms with Crippen molar-refractivity contribution in [3.63, 3.8) is 0 Å². The highest BCUT2D eigenvalue weighted by molar-refractivity contribution is 5.99. The smallest absolute Gasteiger partial charge is 0.227 e. The molecular formula is C10H11N3O2. The lowest BCUT2D eigenvalue weighted by Gasteiger charge is -2.15. The zero-order valence-electron chi connectivity index (χ0n) is 8.09. The molecule has 0 aliphatic carbocycles. The molecule has 1 aliphatic rings. The largest absolute Gasteiger partial charge is 0.369 e. The molecular weight excluding hydrogens is 194 g/mol. The number of nitrogens with zero attached hydrogens (tertiary/aromatic N) is 2. The van der Waals surface area contributed by atoms with Gasteiger partial charge in [-0.25, -0.2) is 0 Å². The van der Waals surface area contributed by atoms with Crippen LogP contribution in [0.2, 0.25) is 0 Å². The van der Waals surface area contributed by atoms with E-state index in [-0.39, 0.29) is 18.2 Å². The van der Waals surface area contributed by atoms with Gasteiger partial charge in [-0.3, -0.25) is 14.6 Å². The highest BCUT2D eigenvalue weighted by Gasteiger charge is 2.33. The molecule has 1 saturated heterocycles. The minimum Gasteiger partial charge on any atom is -0.369 e. The van der Waals surface area contributed by atoms with Crippen LogP contribution in [0.25, 0.3) is 0 Å². The van der Waals surface area contributed by atoms with E-state index in [0.29, 0.717) is 12.2 Å². The van der Waals surface area contributed by atoms with Gasteiger partial charge in [0.15, 0.2) is 0 Å². The van der Waals surface area contributed by atoms with Gasteiger partial charge in [-0.1, -0.05) is 0 Å². The summed E-state index contributed by atoms with van der Waals surface area (Å²) in [5.74, 6) is -0.876. The summed E-state index contributed by atoms with van der Waals surface area (Å²) < 4.78 is 0. The van der Waals surface area contributed by atoms with Gasteiger partial charge in [0.05, 0.1) is 17.8 Å². The highest BCUT2D eigenvalue weighted by Crippen LogP contribution is 2.23. The van der Waals surface area contributed by atoms with Crippen LogP contribution in [0, 0.1) is 5.92 Å². The molecule has 1 aromatic heterocycles. The second kappa shape index (κ2) is 3.68. The number of carbonyl (C=O) groups excluding carboxylic acids is 2. The van der Waals surface area contributed by atoms with Crippen molar-refractivity contribution in [1.82, 2.24) is 4.98 Å². The predicted molar refractivity (Wildman–Crippen MR) is 53.9 cm³/mol. The third-order valence-electron chi connectivity index (χ3n) is 2.49. The summed E-state index contributed by atoms with van der Waals surface area (Å²) in [6, 6.07) is 3.54. The van der Waals surface area contributed by atoms with Gasteiger partial charge >= 0.3 is 0 Å². The fraction of sp³-hybridized carbons (Fsp3) is 0.300. The molecule has 2 N–H and O–H groups in total. The first-order chi connectivity index (χ1) is 7.18. The van der Waals surface area contributed by atoms with Crippen molar-refractivity contribution in [2.75, 3.05) is 11.4 Å². The van der Waals surface area contributed by atoms with Crippen LogP contribution in [0.1, 0.15) is 6.42 Å². The molecule has 5 nitrogen and oxygen atoms in total. The van der Waals surface area contributed by atoms with Gasteiger partial charge in [-0.2, -0.15) is 0 Å². The Morgan fingerprint density at radius 3 is 2.93 bits per heavy atom. The van der Waals surface area contributed by atoms with Crippen molar-refractivity contribution in [3.8, 4) is 0 Å². The molecule has 0 saturated carbocycles. The van der Waals surface area contributed by atoms with Crippen LogP contribution in [0.15, 0.2) is 24.5 Å². The minimum absolute atomic E-state index is 0.0770. The molecule has 78 valence electrons. The summed E-state index contributed by atoms with van der Waals surface area (Å²) in [5, 5.41) is 0. The lowest BCUT2D eigenvalue weighted by atomic mass is 10.1. The first-order valence-electron chi connectivity index (χ1n) is 4.68. The number of nitrogens with two attached hydrogens (primary N) is 1. The molecule has 1 fully saturated rings. The Kier molecular flexibility index (Phi) is 2.37. The van der Waals surface area contributed by atoms with Crippen molar-refractivity contribution in [1.29, 1.82) is 0 Å². The molecule has 0 spiro atoms. The normalized spacial score (nSPS) is 20.7. The zero-order chi connectivity index (χ0) is 10.8. The van der Waals surface area contributed by atoms with E-state index in [4.69, 9.17) is 5.73 Å². The third-order valence-corrected chi connectivity index (χ3v) is 2.49. The number of anilines is 1. The Balaban J connectivity index is 2.19. The lowest BCUT2D eigenvalue weighted by Crippen LogP contribution is -2.28. The second-order valence-electron chi connectivity index (χ2n) is 3.52. The van der Waals surface area contributed by atoms with Crippen molar-refractivity contribution in [3.05, 3.63) is 24.5 Å². The third kappa shape index (κ3) is 1.81. The van der Waals surface area contributed by atoms with Crippen LogP contribution in [-0.4, -0.2) is 23.3 Å². The van der Waals surface area contributed by atoms with E-state index in [1.807, 2.05) is 0 Å². The lowest BCUT2D eigenvalue weighted by molar-refractivity contribution is -0.123. The maximum Gasteiger partial charge on any atom is 0.227 e. The molecule has 0 bridgehead atoms. The molecule has 0 radical (unpaired) electrons. The summed E-state index contributed by atoms with van der Waals surface area (Å²) in [6.07, 6.45) is 3.43. The maximum absolute atomic E-state index is 11.6. The van der Waals surface area contributed by atoms with E-state index in [1.165, 1.54) is 0 Å². The highest BCUT2D eigenvalue weighted by atomic mass is 16.2. The molecule has 2 amide bonds. The minimum atomic E-state index is -0.422. The number of hydrogen-bond donors (Lipinski definition) is 1. The molecule has 1 aromatic rings. The van der Waals surface area contributed by atoms with E-state index in [0.717, 1.165) is 0 Å². The van der Waals surface area contributed by atoms with Crippen LogP contribution in [-0.2, 0) is 9.59 Å². The summed E-state index contributed by atoms with van der Waals surface area (Å²) >= 11 is 0. The predicted octanol–water partition coefficient (Wildman–Crippen LogP) is -0.0802. The number of rotatable bonds is 2. The Morgan fingerprint density at radius 2 is 2.40 bits per heavy atom. The number of hydrogen-bond acceptors (Lipinski definition) is 3. The molecule has 1 aliphatic heterocycles. The summed E-state index contributed by atoms with van der Waals surface area (Å²) in [7, 11) is 0. The quantitative estimate of drug-likeness (QED) is 0.733. The van der Waals surface area contributed by atoms with Crippen LogP contribution in [0.5, 0.6) is 0 Å². The summed E-state index contributed by atoms with van der Waals surface area (Å²) in [6.45, 7) is 0.361. The molecule has 5 heteroatoms. The average Bonchev–Trinajstić information content (AvgIpc) is 2.62. The van der Waals surface area contributed by atoms with E-state index < -0.39 is 5.91 Å². The topological polar surface area (TPSA) is 76.3 Å². The molecule has 15 heavy (non-hydrogen) atoms. The van der Waals surface area contributed by atoms with Gasteiger partial charge in [0.25, 0.3) is 0 Å². The van der Waals surface area contributed by atoms with E-state index >= 15 is 0 Å². The van der Waals surface area contributed by atoms with E-state index in [9.17, 15) is 9.59 Å². The first kappa shape index (κ1) is 9.64. The fourth-order valence-electron chi connectivity index (χ4n) is 1.66. The molecule has 0 aromatic carbocycles. The van der Waals surface area contributed by atoms with E-state index in [2.05, 4.69) is 4.98 Å². The maximum atomic E-state index is 11.6. The van der Waals surface area contributed by atoms with E-state index in [1.54, 1.807) is 29.4 Å². The molecule has 2 rings (SSSR count). The van der Waals surface area contributed by atoms with Gasteiger partial charge in [-0.05, 0) is 12.1 Å². The van der Waals surface area contributed by atoms with Crippen molar-refractivity contribution in [2.45, 2.75) is 6.42 Å². The molecule has 2 heterocycles. The van der Waals surface area contributed by atoms with Gasteiger partial charge in [-0.15, -0.1) is 0 Å². The van der Waals surface area contributed by atoms with Gasteiger partial charge < -0.3 is 10.6 Å². The molecule has 1 unspecified atom stereocenters. The number of primary amides is 1. The average molecular weight is 205 g/mol. The van der Waals surface area contributed by atoms with Gasteiger partial charge in [0.1, 0.15) is 0 Å². The van der Waals surface area contributed by atoms with Gasteiger partial charge in [0.2, 0.25) is 11.8 Å².